The van der Waals surface area contributed by atoms with E-state index in [2.05, 4.69) is 11.1 Å². The van der Waals surface area contributed by atoms with Crippen molar-refractivity contribution in [3.05, 3.63) is 95.3 Å². The maximum atomic E-state index is 11.5. The number of carboxylic acids is 1. The maximum absolute atomic E-state index is 11.5. The fourth-order valence-electron chi connectivity index (χ4n) is 3.93. The predicted molar refractivity (Wildman–Crippen MR) is 115 cm³/mol. The van der Waals surface area contributed by atoms with Crippen LogP contribution in [0.25, 0.3) is 16.6 Å². The van der Waals surface area contributed by atoms with Crippen molar-refractivity contribution in [2.24, 2.45) is 0 Å². The number of benzene rings is 3. The van der Waals surface area contributed by atoms with E-state index in [9.17, 15) is 9.90 Å². The van der Waals surface area contributed by atoms with Crippen molar-refractivity contribution in [1.82, 2.24) is 9.55 Å². The van der Waals surface area contributed by atoms with Crippen molar-refractivity contribution < 1.29 is 19.4 Å². The summed E-state index contributed by atoms with van der Waals surface area (Å²) in [4.78, 5) is 16.0. The lowest BCUT2D eigenvalue weighted by molar-refractivity contribution is -0.255. The van der Waals surface area contributed by atoms with Crippen LogP contribution < -0.4 is 14.6 Å². The van der Waals surface area contributed by atoms with Crippen LogP contribution in [0.4, 0.5) is 0 Å². The van der Waals surface area contributed by atoms with Crippen molar-refractivity contribution in [2.45, 2.75) is 13.2 Å². The number of allylic oxidation sites excluding steroid dienone is 1. The molecule has 31 heavy (non-hydrogen) atoms. The first-order valence-electron chi connectivity index (χ1n) is 9.90. The highest BCUT2D eigenvalue weighted by atomic mass is 16.5. The van der Waals surface area contributed by atoms with Crippen molar-refractivity contribution in [3.63, 3.8) is 0 Å². The van der Waals surface area contributed by atoms with Gasteiger partial charge in [-0.05, 0) is 52.6 Å². The molecule has 1 aromatic heterocycles. The number of fused-ring (bicyclic) bond motifs is 3. The Morgan fingerprint density at radius 3 is 2.87 bits per heavy atom. The molecule has 0 aliphatic carbocycles. The van der Waals surface area contributed by atoms with E-state index in [4.69, 9.17) is 9.47 Å². The van der Waals surface area contributed by atoms with Gasteiger partial charge in [0.05, 0.1) is 30.4 Å². The summed E-state index contributed by atoms with van der Waals surface area (Å²) in [7, 11) is 1.63. The lowest BCUT2D eigenvalue weighted by atomic mass is 9.93. The summed E-state index contributed by atoms with van der Waals surface area (Å²) in [5, 5.41) is 11.5. The van der Waals surface area contributed by atoms with Crippen LogP contribution in [-0.4, -0.2) is 22.6 Å². The molecule has 1 aliphatic rings. The molecular formula is C25H19N2O4-. The van der Waals surface area contributed by atoms with Crippen LogP contribution in [-0.2, 0) is 13.2 Å². The first kappa shape index (κ1) is 18.9. The zero-order valence-corrected chi connectivity index (χ0v) is 16.9. The summed E-state index contributed by atoms with van der Waals surface area (Å²) in [6.07, 6.45) is 3.87. The Hall–Kier alpha value is -4.06. The molecule has 3 aromatic carbocycles. The van der Waals surface area contributed by atoms with Gasteiger partial charge in [-0.25, -0.2) is 4.98 Å². The zero-order chi connectivity index (χ0) is 21.4. The summed E-state index contributed by atoms with van der Waals surface area (Å²) in [6.45, 7) is 0.973. The molecule has 6 heteroatoms. The minimum absolute atomic E-state index is 0.118. The van der Waals surface area contributed by atoms with Crippen molar-refractivity contribution in [1.29, 1.82) is 0 Å². The SMILES string of the molecule is COc1ccc2c(c1)ncn2C/C=C1\c2ccccc2COc2ccc(C(=O)[O-])cc21. The van der Waals surface area contributed by atoms with Crippen LogP contribution in [0.2, 0.25) is 0 Å². The number of aromatic carboxylic acids is 1. The van der Waals surface area contributed by atoms with Gasteiger partial charge in [0.25, 0.3) is 0 Å². The minimum atomic E-state index is -1.21. The summed E-state index contributed by atoms with van der Waals surface area (Å²) in [6, 6.07) is 18.6. The van der Waals surface area contributed by atoms with E-state index in [0.29, 0.717) is 18.9 Å². The Kier molecular flexibility index (Phi) is 4.67. The third-order valence-electron chi connectivity index (χ3n) is 5.52. The van der Waals surface area contributed by atoms with Gasteiger partial charge in [0.2, 0.25) is 0 Å². The van der Waals surface area contributed by atoms with E-state index in [0.717, 1.165) is 39.0 Å². The Morgan fingerprint density at radius 2 is 2.03 bits per heavy atom. The van der Waals surface area contributed by atoms with E-state index in [1.165, 1.54) is 6.07 Å². The minimum Gasteiger partial charge on any atom is -0.545 e. The van der Waals surface area contributed by atoms with E-state index in [1.54, 1.807) is 25.6 Å². The van der Waals surface area contributed by atoms with Crippen LogP contribution in [0.5, 0.6) is 11.5 Å². The van der Waals surface area contributed by atoms with Crippen LogP contribution in [0.15, 0.2) is 73.1 Å². The highest BCUT2D eigenvalue weighted by Gasteiger charge is 2.19. The molecule has 2 heterocycles. The summed E-state index contributed by atoms with van der Waals surface area (Å²) < 4.78 is 13.3. The second-order valence-corrected chi connectivity index (χ2v) is 7.31. The number of hydrogen-bond donors (Lipinski definition) is 0. The molecule has 6 nitrogen and oxygen atoms in total. The number of aromatic nitrogens is 2. The summed E-state index contributed by atoms with van der Waals surface area (Å²) >= 11 is 0. The maximum Gasteiger partial charge on any atom is 0.127 e. The van der Waals surface area contributed by atoms with Gasteiger partial charge in [-0.15, -0.1) is 0 Å². The molecule has 4 aromatic rings. The van der Waals surface area contributed by atoms with Gasteiger partial charge in [0.15, 0.2) is 0 Å². The summed E-state index contributed by atoms with van der Waals surface area (Å²) in [5.74, 6) is 0.191. The van der Waals surface area contributed by atoms with Crippen LogP contribution in [0, 0.1) is 0 Å². The molecular weight excluding hydrogens is 392 g/mol. The fourth-order valence-corrected chi connectivity index (χ4v) is 3.93. The van der Waals surface area contributed by atoms with Crippen LogP contribution in [0.1, 0.15) is 27.0 Å². The summed E-state index contributed by atoms with van der Waals surface area (Å²) in [5.41, 5.74) is 5.66. The zero-order valence-electron chi connectivity index (χ0n) is 16.9. The van der Waals surface area contributed by atoms with Gasteiger partial charge >= 0.3 is 0 Å². The number of carbonyl (C=O) groups is 1. The number of nitrogens with zero attached hydrogens (tertiary/aromatic N) is 2. The highest BCUT2D eigenvalue weighted by Crippen LogP contribution is 2.37. The number of carbonyl (C=O) groups excluding carboxylic acids is 1. The first-order chi connectivity index (χ1) is 15.1. The lowest BCUT2D eigenvalue weighted by Crippen LogP contribution is -2.22. The molecule has 0 bridgehead atoms. The Bertz CT molecular complexity index is 1340. The molecule has 0 atom stereocenters. The smallest absolute Gasteiger partial charge is 0.127 e. The molecule has 0 spiro atoms. The van der Waals surface area contributed by atoms with Gasteiger partial charge in [0.1, 0.15) is 18.1 Å². The van der Waals surface area contributed by atoms with Gasteiger partial charge in [0, 0.05) is 18.2 Å². The number of hydrogen-bond acceptors (Lipinski definition) is 5. The van der Waals surface area contributed by atoms with Crippen molar-refractivity contribution in [2.75, 3.05) is 7.11 Å². The third kappa shape index (κ3) is 3.42. The largest absolute Gasteiger partial charge is 0.545 e. The van der Waals surface area contributed by atoms with Gasteiger partial charge in [-0.2, -0.15) is 0 Å². The average Bonchev–Trinajstić information content (AvgIpc) is 3.13. The van der Waals surface area contributed by atoms with Crippen molar-refractivity contribution in [3.8, 4) is 11.5 Å². The standard InChI is InChI=1S/C25H20N2O4/c1-30-18-7-8-23-22(13-18)26-15-27(23)11-10-20-19-5-3-2-4-17(19)14-31-24-9-6-16(25(28)29)12-21(20)24/h2-10,12-13,15H,11,14H2,1H3,(H,28,29)/p-1/b20-10+. The van der Waals surface area contributed by atoms with E-state index in [-0.39, 0.29) is 5.56 Å². The molecule has 0 amide bonds. The molecule has 5 rings (SSSR count). The lowest BCUT2D eigenvalue weighted by Gasteiger charge is -2.13. The molecule has 0 unspecified atom stereocenters. The average molecular weight is 411 g/mol. The van der Waals surface area contributed by atoms with Crippen molar-refractivity contribution >= 4 is 22.6 Å². The number of methoxy groups -OCH3 is 1. The molecule has 0 saturated heterocycles. The topological polar surface area (TPSA) is 76.4 Å². The Balaban J connectivity index is 1.63. The van der Waals surface area contributed by atoms with Gasteiger partial charge in [-0.3, -0.25) is 0 Å². The van der Waals surface area contributed by atoms with E-state index in [1.807, 2.05) is 47.0 Å². The normalized spacial score (nSPS) is 13.9. The number of rotatable bonds is 4. The van der Waals surface area contributed by atoms with Gasteiger partial charge in [-0.1, -0.05) is 30.3 Å². The Labute approximate surface area is 179 Å². The van der Waals surface area contributed by atoms with Gasteiger partial charge < -0.3 is 23.9 Å². The predicted octanol–water partition coefficient (Wildman–Crippen LogP) is 3.43. The fraction of sp³-hybridized carbons (Fsp3) is 0.120. The monoisotopic (exact) mass is 411 g/mol. The number of carboxylic acid groups (broad SMARTS) is 1. The molecule has 0 fully saturated rings. The van der Waals surface area contributed by atoms with Crippen LogP contribution in [0.3, 0.4) is 0 Å². The second-order valence-electron chi connectivity index (χ2n) is 7.31. The molecule has 154 valence electrons. The number of ether oxygens (including phenoxy) is 2. The highest BCUT2D eigenvalue weighted by molar-refractivity contribution is 5.91. The van der Waals surface area contributed by atoms with E-state index < -0.39 is 5.97 Å². The Morgan fingerprint density at radius 1 is 1.16 bits per heavy atom. The second kappa shape index (κ2) is 7.65. The van der Waals surface area contributed by atoms with Crippen LogP contribution >= 0.6 is 0 Å². The molecule has 0 N–H and O–H groups in total. The number of imidazole rings is 1. The van der Waals surface area contributed by atoms with E-state index >= 15 is 0 Å². The molecule has 1 aliphatic heterocycles. The quantitative estimate of drug-likeness (QED) is 0.514. The molecule has 0 saturated carbocycles. The first-order valence-corrected chi connectivity index (χ1v) is 9.90. The third-order valence-corrected chi connectivity index (χ3v) is 5.52. The molecule has 0 radical (unpaired) electrons.